The Balaban J connectivity index is 2.23. The predicted molar refractivity (Wildman–Crippen MR) is 83.8 cm³/mol. The number of rotatable bonds is 4. The highest BCUT2D eigenvalue weighted by atomic mass is 35.5. The summed E-state index contributed by atoms with van der Waals surface area (Å²) >= 11 is 6.96. The highest BCUT2D eigenvalue weighted by molar-refractivity contribution is 7.15. The molecule has 0 aliphatic heterocycles. The van der Waals surface area contributed by atoms with Gasteiger partial charge in [-0.2, -0.15) is 4.98 Å². The second-order valence-corrected chi connectivity index (χ2v) is 6.19. The number of aryl methyl sites for hydroxylation is 1. The van der Waals surface area contributed by atoms with Crippen LogP contribution in [0.4, 0.5) is 0 Å². The molecule has 0 amide bonds. The molecule has 6 heteroatoms. The fourth-order valence-corrected chi connectivity index (χ4v) is 3.07. The fraction of sp³-hybridized carbons (Fsp3) is 0.333. The summed E-state index contributed by atoms with van der Waals surface area (Å²) in [6.07, 6.45) is 0. The van der Waals surface area contributed by atoms with Crippen LogP contribution in [0.1, 0.15) is 40.6 Å². The van der Waals surface area contributed by atoms with E-state index in [9.17, 15) is 4.79 Å². The summed E-state index contributed by atoms with van der Waals surface area (Å²) in [5, 5.41) is 0.412. The smallest absolute Gasteiger partial charge is 0.351 e. The lowest BCUT2D eigenvalue weighted by Crippen LogP contribution is -1.98. The third kappa shape index (κ3) is 3.54. The van der Waals surface area contributed by atoms with Crippen molar-refractivity contribution >= 4 is 28.9 Å². The average Bonchev–Trinajstić information content (AvgIpc) is 2.78. The van der Waals surface area contributed by atoms with Crippen molar-refractivity contribution in [3.63, 3.8) is 0 Å². The van der Waals surface area contributed by atoms with Gasteiger partial charge in [0.1, 0.15) is 5.75 Å². The fourth-order valence-electron chi connectivity index (χ4n) is 2.01. The Labute approximate surface area is 132 Å². The van der Waals surface area contributed by atoms with E-state index in [4.69, 9.17) is 16.3 Å². The molecule has 1 heterocycles. The molecule has 0 radical (unpaired) electrons. The molecule has 2 aromatic rings. The van der Waals surface area contributed by atoms with Crippen LogP contribution in [-0.4, -0.2) is 18.1 Å². The first-order valence-electron chi connectivity index (χ1n) is 6.45. The lowest BCUT2D eigenvalue weighted by Gasteiger charge is -2.11. The molecule has 0 atom stereocenters. The van der Waals surface area contributed by atoms with E-state index >= 15 is 0 Å². The van der Waals surface area contributed by atoms with E-state index in [-0.39, 0.29) is 10.0 Å². The molecular formula is C15H16ClNO3S. The zero-order chi connectivity index (χ0) is 15.6. The lowest BCUT2D eigenvalue weighted by molar-refractivity contribution is 0.0606. The van der Waals surface area contributed by atoms with Gasteiger partial charge < -0.3 is 9.47 Å². The van der Waals surface area contributed by atoms with Crippen LogP contribution in [0.3, 0.4) is 0 Å². The first-order valence-corrected chi connectivity index (χ1v) is 7.65. The number of carbonyl (C=O) groups excluding carboxylic acids is 1. The van der Waals surface area contributed by atoms with Gasteiger partial charge in [0, 0.05) is 0 Å². The molecule has 0 fully saturated rings. The summed E-state index contributed by atoms with van der Waals surface area (Å²) in [4.78, 5) is 15.7. The number of aromatic nitrogens is 1. The molecule has 21 heavy (non-hydrogen) atoms. The minimum absolute atomic E-state index is 0.0948. The number of hydrogen-bond acceptors (Lipinski definition) is 5. The van der Waals surface area contributed by atoms with Gasteiger partial charge in [0.2, 0.25) is 0 Å². The largest absolute Gasteiger partial charge is 0.465 e. The van der Waals surface area contributed by atoms with Gasteiger partial charge in [-0.1, -0.05) is 42.9 Å². The molecule has 0 aliphatic carbocycles. The second kappa shape index (κ2) is 6.45. The van der Waals surface area contributed by atoms with Crippen molar-refractivity contribution in [3.05, 3.63) is 39.4 Å². The zero-order valence-electron chi connectivity index (χ0n) is 12.3. The van der Waals surface area contributed by atoms with E-state index in [1.165, 1.54) is 12.7 Å². The van der Waals surface area contributed by atoms with Crippen molar-refractivity contribution in [1.29, 1.82) is 0 Å². The standard InChI is InChI=1S/C15H16ClNO3S/c1-8(2)11-6-5-10(7-9(11)3)20-15-17-13(16)12(21-15)14(18)19-4/h5-8H,1-4H3. The van der Waals surface area contributed by atoms with Crippen molar-refractivity contribution < 1.29 is 14.3 Å². The van der Waals surface area contributed by atoms with Gasteiger partial charge in [-0.25, -0.2) is 4.79 Å². The minimum atomic E-state index is -0.515. The molecule has 0 aliphatic rings. The van der Waals surface area contributed by atoms with Crippen molar-refractivity contribution in [2.24, 2.45) is 0 Å². The summed E-state index contributed by atoms with van der Waals surface area (Å²) < 4.78 is 10.3. The van der Waals surface area contributed by atoms with Crippen LogP contribution >= 0.6 is 22.9 Å². The Morgan fingerprint density at radius 2 is 2.10 bits per heavy atom. The number of thiazole rings is 1. The van der Waals surface area contributed by atoms with Crippen LogP contribution in [0.5, 0.6) is 10.9 Å². The van der Waals surface area contributed by atoms with Gasteiger partial charge >= 0.3 is 5.97 Å². The van der Waals surface area contributed by atoms with Gasteiger partial charge in [0.25, 0.3) is 5.19 Å². The SMILES string of the molecule is COC(=O)c1sc(Oc2ccc(C(C)C)c(C)c2)nc1Cl. The summed E-state index contributed by atoms with van der Waals surface area (Å²) in [7, 11) is 1.30. The normalized spacial score (nSPS) is 10.8. The molecule has 0 spiro atoms. The highest BCUT2D eigenvalue weighted by Gasteiger charge is 2.18. The first kappa shape index (κ1) is 15.8. The molecule has 0 unspecified atom stereocenters. The quantitative estimate of drug-likeness (QED) is 0.757. The molecular weight excluding hydrogens is 310 g/mol. The van der Waals surface area contributed by atoms with Gasteiger partial charge in [0.15, 0.2) is 10.0 Å². The van der Waals surface area contributed by atoms with E-state index < -0.39 is 5.97 Å². The molecule has 2 rings (SSSR count). The maximum atomic E-state index is 11.5. The number of benzene rings is 1. The number of esters is 1. The Morgan fingerprint density at radius 1 is 1.38 bits per heavy atom. The maximum Gasteiger partial charge on any atom is 0.351 e. The van der Waals surface area contributed by atoms with Gasteiger partial charge in [-0.3, -0.25) is 0 Å². The van der Waals surface area contributed by atoms with Crippen molar-refractivity contribution in [2.75, 3.05) is 7.11 Å². The second-order valence-electron chi connectivity index (χ2n) is 4.87. The van der Waals surface area contributed by atoms with Crippen LogP contribution in [0.15, 0.2) is 18.2 Å². The monoisotopic (exact) mass is 325 g/mol. The summed E-state index contributed by atoms with van der Waals surface area (Å²) in [5.41, 5.74) is 2.42. The van der Waals surface area contributed by atoms with Crippen LogP contribution in [0.25, 0.3) is 0 Å². The van der Waals surface area contributed by atoms with Gasteiger partial charge in [-0.15, -0.1) is 0 Å². The third-order valence-electron chi connectivity index (χ3n) is 3.01. The van der Waals surface area contributed by atoms with Crippen LogP contribution in [0, 0.1) is 6.92 Å². The topological polar surface area (TPSA) is 48.4 Å². The summed E-state index contributed by atoms with van der Waals surface area (Å²) in [5.74, 6) is 0.608. The van der Waals surface area contributed by atoms with Crippen molar-refractivity contribution in [1.82, 2.24) is 4.98 Å². The Hall–Kier alpha value is -1.59. The van der Waals surface area contributed by atoms with Crippen LogP contribution < -0.4 is 4.74 Å². The van der Waals surface area contributed by atoms with Gasteiger partial charge in [-0.05, 0) is 36.1 Å². The number of nitrogens with zero attached hydrogens (tertiary/aromatic N) is 1. The van der Waals surface area contributed by atoms with Crippen molar-refractivity contribution in [2.45, 2.75) is 26.7 Å². The Morgan fingerprint density at radius 3 is 2.67 bits per heavy atom. The molecule has 0 bridgehead atoms. The first-order chi connectivity index (χ1) is 9.92. The maximum absolute atomic E-state index is 11.5. The van der Waals surface area contributed by atoms with E-state index in [0.29, 0.717) is 16.9 Å². The zero-order valence-corrected chi connectivity index (χ0v) is 13.8. The predicted octanol–water partition coefficient (Wildman–Crippen LogP) is 4.81. The van der Waals surface area contributed by atoms with E-state index in [2.05, 4.69) is 23.6 Å². The number of halogens is 1. The third-order valence-corrected chi connectivity index (χ3v) is 4.30. The lowest BCUT2D eigenvalue weighted by atomic mass is 9.98. The van der Waals surface area contributed by atoms with E-state index in [0.717, 1.165) is 16.9 Å². The number of hydrogen-bond donors (Lipinski definition) is 0. The molecule has 1 aromatic carbocycles. The Bertz CT molecular complexity index is 667. The highest BCUT2D eigenvalue weighted by Crippen LogP contribution is 2.33. The molecule has 0 saturated heterocycles. The number of carbonyl (C=O) groups is 1. The van der Waals surface area contributed by atoms with Crippen LogP contribution in [0.2, 0.25) is 5.15 Å². The average molecular weight is 326 g/mol. The van der Waals surface area contributed by atoms with Crippen molar-refractivity contribution in [3.8, 4) is 10.9 Å². The van der Waals surface area contributed by atoms with Gasteiger partial charge in [0.05, 0.1) is 7.11 Å². The summed E-state index contributed by atoms with van der Waals surface area (Å²) in [6.45, 7) is 6.33. The minimum Gasteiger partial charge on any atom is -0.465 e. The number of ether oxygens (including phenoxy) is 2. The Kier molecular flexibility index (Phi) is 4.85. The molecule has 112 valence electrons. The van der Waals surface area contributed by atoms with Crippen LogP contribution in [-0.2, 0) is 4.74 Å². The van der Waals surface area contributed by atoms with E-state index in [1.807, 2.05) is 25.1 Å². The molecule has 4 nitrogen and oxygen atoms in total. The molecule has 1 aromatic heterocycles. The molecule has 0 N–H and O–H groups in total. The molecule has 0 saturated carbocycles. The van der Waals surface area contributed by atoms with E-state index in [1.54, 1.807) is 0 Å². The summed E-state index contributed by atoms with van der Waals surface area (Å²) in [6, 6.07) is 5.86. The number of methoxy groups -OCH3 is 1.